The normalized spacial score (nSPS) is 14.4. The zero-order chi connectivity index (χ0) is 18.7. The highest BCUT2D eigenvalue weighted by atomic mass is 15.2. The van der Waals surface area contributed by atoms with E-state index in [1.165, 1.54) is 24.1 Å². The summed E-state index contributed by atoms with van der Waals surface area (Å²) in [6, 6.07) is 9.21. The molecule has 1 aromatic carbocycles. The number of aliphatic imine (C=N–C) groups is 1. The molecule has 4 nitrogen and oxygen atoms in total. The van der Waals surface area contributed by atoms with Gasteiger partial charge in [-0.1, -0.05) is 50.6 Å². The van der Waals surface area contributed by atoms with Gasteiger partial charge in [-0.15, -0.1) is 0 Å². The molecule has 1 aromatic rings. The van der Waals surface area contributed by atoms with Gasteiger partial charge in [0.1, 0.15) is 0 Å². The average molecular weight is 347 g/mol. The van der Waals surface area contributed by atoms with Gasteiger partial charge in [-0.25, -0.2) is 0 Å². The van der Waals surface area contributed by atoms with Gasteiger partial charge >= 0.3 is 0 Å². The summed E-state index contributed by atoms with van der Waals surface area (Å²) in [5.41, 5.74) is 2.67. The van der Waals surface area contributed by atoms with E-state index in [1.54, 1.807) is 0 Å². The predicted molar refractivity (Wildman–Crippen MR) is 111 cm³/mol. The number of guanidine groups is 1. The lowest BCUT2D eigenvalue weighted by Crippen LogP contribution is -2.43. The molecule has 0 saturated carbocycles. The first-order valence-electron chi connectivity index (χ1n) is 9.76. The summed E-state index contributed by atoms with van der Waals surface area (Å²) < 4.78 is 0. The molecular formula is C21H38N4. The van der Waals surface area contributed by atoms with E-state index in [1.807, 2.05) is 7.05 Å². The molecule has 2 atom stereocenters. The molecule has 0 fully saturated rings. The summed E-state index contributed by atoms with van der Waals surface area (Å²) in [7, 11) is 1.84. The minimum atomic E-state index is 0.427. The highest BCUT2D eigenvalue weighted by Crippen LogP contribution is 2.14. The van der Waals surface area contributed by atoms with Crippen LogP contribution in [0.3, 0.4) is 0 Å². The first-order chi connectivity index (χ1) is 12.0. The Bertz CT molecular complexity index is 491. The molecule has 0 radical (unpaired) electrons. The molecule has 25 heavy (non-hydrogen) atoms. The van der Waals surface area contributed by atoms with Gasteiger partial charge in [-0.05, 0) is 57.8 Å². The number of hydrogen-bond donors (Lipinski definition) is 2. The van der Waals surface area contributed by atoms with Crippen molar-refractivity contribution in [3.8, 4) is 0 Å². The Morgan fingerprint density at radius 1 is 1.12 bits per heavy atom. The largest absolute Gasteiger partial charge is 0.356 e. The van der Waals surface area contributed by atoms with E-state index in [-0.39, 0.29) is 0 Å². The quantitative estimate of drug-likeness (QED) is 0.500. The zero-order valence-corrected chi connectivity index (χ0v) is 17.1. The Kier molecular flexibility index (Phi) is 10.2. The van der Waals surface area contributed by atoms with Gasteiger partial charge in [0.2, 0.25) is 0 Å². The predicted octanol–water partition coefficient (Wildman–Crippen LogP) is 3.77. The van der Waals surface area contributed by atoms with Crippen LogP contribution in [0.2, 0.25) is 0 Å². The molecule has 0 spiro atoms. The topological polar surface area (TPSA) is 39.7 Å². The molecule has 0 bridgehead atoms. The van der Waals surface area contributed by atoms with Crippen molar-refractivity contribution in [2.75, 3.05) is 33.2 Å². The van der Waals surface area contributed by atoms with Gasteiger partial charge in [0.05, 0.1) is 0 Å². The second-order valence-corrected chi connectivity index (χ2v) is 6.98. The van der Waals surface area contributed by atoms with E-state index < -0.39 is 0 Å². The van der Waals surface area contributed by atoms with Crippen LogP contribution in [0.15, 0.2) is 29.3 Å². The molecule has 0 saturated heterocycles. The van der Waals surface area contributed by atoms with Crippen LogP contribution in [0.4, 0.5) is 0 Å². The van der Waals surface area contributed by atoms with Crippen LogP contribution < -0.4 is 10.6 Å². The van der Waals surface area contributed by atoms with Crippen molar-refractivity contribution in [3.63, 3.8) is 0 Å². The summed E-state index contributed by atoms with van der Waals surface area (Å²) in [6.45, 7) is 15.4. The van der Waals surface area contributed by atoms with Crippen molar-refractivity contribution >= 4 is 5.96 Å². The summed E-state index contributed by atoms with van der Waals surface area (Å²) in [4.78, 5) is 6.84. The molecular weight excluding hydrogens is 308 g/mol. The van der Waals surface area contributed by atoms with E-state index >= 15 is 0 Å². The van der Waals surface area contributed by atoms with Gasteiger partial charge in [-0.2, -0.15) is 0 Å². The maximum absolute atomic E-state index is 4.37. The van der Waals surface area contributed by atoms with Crippen LogP contribution in [0, 0.1) is 6.92 Å². The highest BCUT2D eigenvalue weighted by Gasteiger charge is 2.09. The van der Waals surface area contributed by atoms with Crippen molar-refractivity contribution in [2.24, 2.45) is 4.99 Å². The highest BCUT2D eigenvalue weighted by molar-refractivity contribution is 5.79. The molecule has 0 aromatic heterocycles. The molecule has 4 heteroatoms. The fourth-order valence-corrected chi connectivity index (χ4v) is 2.92. The van der Waals surface area contributed by atoms with Crippen molar-refractivity contribution < 1.29 is 0 Å². The minimum absolute atomic E-state index is 0.427. The first-order valence-corrected chi connectivity index (χ1v) is 9.76. The van der Waals surface area contributed by atoms with Crippen molar-refractivity contribution in [1.82, 2.24) is 15.5 Å². The standard InChI is InChI=1S/C21H38N4/c1-7-25(8-2)15-9-10-19(5)24-21(22-6)23-16-18(4)20-13-11-17(3)12-14-20/h11-14,18-19H,7-10,15-16H2,1-6H3,(H2,22,23,24). The Labute approximate surface area is 155 Å². The maximum atomic E-state index is 4.37. The molecule has 0 amide bonds. The number of hydrogen-bond acceptors (Lipinski definition) is 2. The van der Waals surface area contributed by atoms with Crippen LogP contribution in [0.5, 0.6) is 0 Å². The second-order valence-electron chi connectivity index (χ2n) is 6.98. The summed E-state index contributed by atoms with van der Waals surface area (Å²) in [5.74, 6) is 1.35. The van der Waals surface area contributed by atoms with E-state index in [0.29, 0.717) is 12.0 Å². The fourth-order valence-electron chi connectivity index (χ4n) is 2.92. The molecule has 0 aliphatic carbocycles. The summed E-state index contributed by atoms with van der Waals surface area (Å²) in [6.07, 6.45) is 2.37. The van der Waals surface area contributed by atoms with E-state index in [9.17, 15) is 0 Å². The average Bonchev–Trinajstić information content (AvgIpc) is 2.62. The van der Waals surface area contributed by atoms with Crippen molar-refractivity contribution in [1.29, 1.82) is 0 Å². The van der Waals surface area contributed by atoms with E-state index in [4.69, 9.17) is 0 Å². The third-order valence-corrected chi connectivity index (χ3v) is 4.83. The number of rotatable bonds is 10. The van der Waals surface area contributed by atoms with Crippen LogP contribution in [-0.4, -0.2) is 50.1 Å². The lowest BCUT2D eigenvalue weighted by atomic mass is 10.0. The Balaban J connectivity index is 2.34. The maximum Gasteiger partial charge on any atom is 0.191 e. The molecule has 2 N–H and O–H groups in total. The SMILES string of the molecule is CCN(CC)CCCC(C)NC(=NC)NCC(C)c1ccc(C)cc1. The molecule has 0 aliphatic rings. The molecule has 142 valence electrons. The van der Waals surface area contributed by atoms with Crippen molar-refractivity contribution in [2.45, 2.75) is 59.4 Å². The molecule has 0 aliphatic heterocycles. The van der Waals surface area contributed by atoms with Gasteiger partial charge in [0.25, 0.3) is 0 Å². The third kappa shape index (κ3) is 8.39. The van der Waals surface area contributed by atoms with Gasteiger partial charge in [0.15, 0.2) is 5.96 Å². The monoisotopic (exact) mass is 346 g/mol. The Morgan fingerprint density at radius 3 is 2.32 bits per heavy atom. The molecule has 2 unspecified atom stereocenters. The number of nitrogens with zero attached hydrogens (tertiary/aromatic N) is 2. The van der Waals surface area contributed by atoms with Crippen LogP contribution in [0.1, 0.15) is 57.6 Å². The van der Waals surface area contributed by atoms with Crippen LogP contribution in [-0.2, 0) is 0 Å². The summed E-state index contributed by atoms with van der Waals surface area (Å²) >= 11 is 0. The van der Waals surface area contributed by atoms with E-state index in [0.717, 1.165) is 32.0 Å². The number of benzene rings is 1. The van der Waals surface area contributed by atoms with Gasteiger partial charge in [-0.3, -0.25) is 4.99 Å². The van der Waals surface area contributed by atoms with Crippen LogP contribution >= 0.6 is 0 Å². The fraction of sp³-hybridized carbons (Fsp3) is 0.667. The lowest BCUT2D eigenvalue weighted by molar-refractivity contribution is 0.292. The number of nitrogens with one attached hydrogen (secondary N) is 2. The Morgan fingerprint density at radius 2 is 1.76 bits per heavy atom. The minimum Gasteiger partial charge on any atom is -0.356 e. The summed E-state index contributed by atoms with van der Waals surface area (Å²) in [5, 5.41) is 6.98. The molecule has 1 rings (SSSR count). The first kappa shape index (κ1) is 21.5. The molecule has 0 heterocycles. The van der Waals surface area contributed by atoms with E-state index in [2.05, 4.69) is 79.4 Å². The van der Waals surface area contributed by atoms with Crippen molar-refractivity contribution in [3.05, 3.63) is 35.4 Å². The third-order valence-electron chi connectivity index (χ3n) is 4.83. The van der Waals surface area contributed by atoms with Crippen LogP contribution in [0.25, 0.3) is 0 Å². The number of aryl methyl sites for hydroxylation is 1. The Hall–Kier alpha value is -1.55. The smallest absolute Gasteiger partial charge is 0.191 e. The lowest BCUT2D eigenvalue weighted by Gasteiger charge is -2.22. The van der Waals surface area contributed by atoms with Gasteiger partial charge < -0.3 is 15.5 Å². The second kappa shape index (κ2) is 11.9. The van der Waals surface area contributed by atoms with Gasteiger partial charge in [0, 0.05) is 19.6 Å². The zero-order valence-electron chi connectivity index (χ0n) is 17.1.